The van der Waals surface area contributed by atoms with Crippen LogP contribution in [0.2, 0.25) is 0 Å². The zero-order chi connectivity index (χ0) is 20.6. The van der Waals surface area contributed by atoms with Gasteiger partial charge in [-0.15, -0.1) is 0 Å². The van der Waals surface area contributed by atoms with Gasteiger partial charge in [-0.05, 0) is 172 Å². The molecule has 0 aromatic carbocycles. The van der Waals surface area contributed by atoms with Crippen molar-refractivity contribution in [3.05, 3.63) is 0 Å². The van der Waals surface area contributed by atoms with Crippen LogP contribution < -0.4 is 0 Å². The van der Waals surface area contributed by atoms with Crippen molar-refractivity contribution in [2.75, 3.05) is 0 Å². The molecule has 32 heavy (non-hydrogen) atoms. The molecule has 12 atom stereocenters. The fourth-order valence-corrected chi connectivity index (χ4v) is 14.8. The first-order valence-corrected chi connectivity index (χ1v) is 15.9. The van der Waals surface area contributed by atoms with Crippen molar-refractivity contribution in [1.82, 2.24) is 0 Å². The van der Waals surface area contributed by atoms with Gasteiger partial charge in [-0.1, -0.05) is 25.7 Å². The monoisotopic (exact) mass is 432 g/mol. The van der Waals surface area contributed by atoms with Crippen molar-refractivity contribution < 1.29 is 0 Å². The van der Waals surface area contributed by atoms with Crippen molar-refractivity contribution in [2.24, 2.45) is 94.7 Å². The minimum atomic E-state index is 1.15. The molecule has 9 fully saturated rings. The zero-order valence-electron chi connectivity index (χ0n) is 20.6. The summed E-state index contributed by atoms with van der Waals surface area (Å²) in [4.78, 5) is 0. The van der Waals surface area contributed by atoms with Crippen LogP contribution in [0.3, 0.4) is 0 Å². The molecule has 0 heterocycles. The highest BCUT2D eigenvalue weighted by molar-refractivity contribution is 5.15. The summed E-state index contributed by atoms with van der Waals surface area (Å²) in [5.74, 6) is 19.0. The van der Waals surface area contributed by atoms with Gasteiger partial charge < -0.3 is 0 Å². The SMILES string of the molecule is C1CCC2CC3C(CC2C1)C1CCC2C4CCC5CCC6CCC(C7CCC3C1C27)C4C56. The van der Waals surface area contributed by atoms with E-state index in [0.29, 0.717) is 0 Å². The Kier molecular flexibility index (Phi) is 4.09. The summed E-state index contributed by atoms with van der Waals surface area (Å²) in [5.41, 5.74) is 0. The van der Waals surface area contributed by atoms with Crippen LogP contribution in [0.5, 0.6) is 0 Å². The fraction of sp³-hybridized carbons (Fsp3) is 1.00. The zero-order valence-corrected chi connectivity index (χ0v) is 20.6. The van der Waals surface area contributed by atoms with E-state index >= 15 is 0 Å². The molecule has 9 aliphatic rings. The highest BCUT2D eigenvalue weighted by atomic mass is 14.7. The third-order valence-electron chi connectivity index (χ3n) is 15.2. The first kappa shape index (κ1) is 19.2. The molecule has 0 aromatic heterocycles. The van der Waals surface area contributed by atoms with Gasteiger partial charge in [0.15, 0.2) is 0 Å². The molecule has 0 aliphatic heterocycles. The van der Waals surface area contributed by atoms with Crippen molar-refractivity contribution in [1.29, 1.82) is 0 Å². The maximum absolute atomic E-state index is 1.69. The van der Waals surface area contributed by atoms with Crippen molar-refractivity contribution in [3.8, 4) is 0 Å². The Balaban J connectivity index is 1.08. The van der Waals surface area contributed by atoms with Gasteiger partial charge in [0.25, 0.3) is 0 Å². The maximum Gasteiger partial charge on any atom is -0.0318 e. The normalized spacial score (nSPS) is 66.0. The summed E-state index contributed by atoms with van der Waals surface area (Å²) in [5, 5.41) is 0. The molecular weight excluding hydrogens is 384 g/mol. The average molecular weight is 433 g/mol. The summed E-state index contributed by atoms with van der Waals surface area (Å²) >= 11 is 0. The maximum atomic E-state index is 1.69. The molecule has 0 radical (unpaired) electrons. The summed E-state index contributed by atoms with van der Waals surface area (Å²) in [6.07, 6.45) is 26.3. The Morgan fingerprint density at radius 1 is 0.250 bits per heavy atom. The topological polar surface area (TPSA) is 0 Å². The third-order valence-corrected chi connectivity index (χ3v) is 15.2. The lowest BCUT2D eigenvalue weighted by Crippen LogP contribution is -2.59. The third kappa shape index (κ3) is 2.33. The van der Waals surface area contributed by atoms with Gasteiger partial charge in [-0.3, -0.25) is 0 Å². The predicted molar refractivity (Wildman–Crippen MR) is 130 cm³/mol. The summed E-state index contributed by atoms with van der Waals surface area (Å²) in [6, 6.07) is 0. The lowest BCUT2D eigenvalue weighted by Gasteiger charge is -2.65. The molecule has 0 nitrogen and oxygen atoms in total. The Morgan fingerprint density at radius 3 is 1.06 bits per heavy atom. The lowest BCUT2D eigenvalue weighted by atomic mass is 9.40. The van der Waals surface area contributed by atoms with Crippen molar-refractivity contribution >= 4 is 0 Å². The number of rotatable bonds is 0. The second-order valence-electron chi connectivity index (χ2n) is 15.3. The van der Waals surface area contributed by atoms with Crippen LogP contribution in [0.1, 0.15) is 103 Å². The Bertz CT molecular complexity index is 708. The van der Waals surface area contributed by atoms with E-state index in [0.717, 1.165) is 11.8 Å². The summed E-state index contributed by atoms with van der Waals surface area (Å²) in [6.45, 7) is 0. The largest absolute Gasteiger partial charge is 0.0530 e. The molecule has 9 aliphatic carbocycles. The van der Waals surface area contributed by atoms with Crippen LogP contribution in [0, 0.1) is 94.7 Å². The van der Waals surface area contributed by atoms with Crippen molar-refractivity contribution in [3.63, 3.8) is 0 Å². The summed E-state index contributed by atoms with van der Waals surface area (Å²) in [7, 11) is 0. The first-order chi connectivity index (χ1) is 15.9. The second-order valence-corrected chi connectivity index (χ2v) is 15.3. The van der Waals surface area contributed by atoms with Crippen LogP contribution in [-0.4, -0.2) is 0 Å². The molecule has 0 saturated heterocycles. The Hall–Kier alpha value is 0. The molecule has 9 rings (SSSR count). The predicted octanol–water partition coefficient (Wildman–Crippen LogP) is 8.21. The van der Waals surface area contributed by atoms with Crippen LogP contribution >= 0.6 is 0 Å². The highest BCUT2D eigenvalue weighted by Crippen LogP contribution is 2.73. The molecule has 176 valence electrons. The van der Waals surface area contributed by atoms with Gasteiger partial charge in [0.05, 0.1) is 0 Å². The molecular formula is C32H48. The minimum absolute atomic E-state index is 1.15. The molecule has 0 aromatic rings. The smallest absolute Gasteiger partial charge is 0.0318 e. The molecule has 12 unspecified atom stereocenters. The standard InChI is InChI=1S/C32H48/c1-2-4-20-16-28-26-14-12-24-22-10-8-18-6-5-17-7-9-21(30(22)29(17)18)23-11-13-25(32(26)31(23)24)27(28)15-19(20)3-1/h17-32H,1-16H2. The molecule has 0 spiro atoms. The average Bonchev–Trinajstić information content (AvgIpc) is 3.41. The van der Waals surface area contributed by atoms with Gasteiger partial charge in [-0.2, -0.15) is 0 Å². The molecule has 9 saturated carbocycles. The van der Waals surface area contributed by atoms with E-state index in [-0.39, 0.29) is 0 Å². The minimum Gasteiger partial charge on any atom is -0.0530 e. The van der Waals surface area contributed by atoms with E-state index in [2.05, 4.69) is 0 Å². The van der Waals surface area contributed by atoms with Crippen LogP contribution in [0.4, 0.5) is 0 Å². The molecule has 0 N–H and O–H groups in total. The van der Waals surface area contributed by atoms with Crippen molar-refractivity contribution in [2.45, 2.75) is 103 Å². The van der Waals surface area contributed by atoms with E-state index in [1.54, 1.807) is 103 Å². The second kappa shape index (κ2) is 6.81. The van der Waals surface area contributed by atoms with Crippen LogP contribution in [-0.2, 0) is 0 Å². The van der Waals surface area contributed by atoms with E-state index in [1.807, 2.05) is 0 Å². The molecule has 0 heteroatoms. The lowest BCUT2D eigenvalue weighted by molar-refractivity contribution is -0.168. The van der Waals surface area contributed by atoms with Crippen LogP contribution in [0.25, 0.3) is 0 Å². The molecule has 0 bridgehead atoms. The van der Waals surface area contributed by atoms with E-state index in [4.69, 9.17) is 0 Å². The quantitative estimate of drug-likeness (QED) is 0.362. The first-order valence-electron chi connectivity index (χ1n) is 15.9. The van der Waals surface area contributed by atoms with Gasteiger partial charge in [0.2, 0.25) is 0 Å². The summed E-state index contributed by atoms with van der Waals surface area (Å²) < 4.78 is 0. The van der Waals surface area contributed by atoms with E-state index < -0.39 is 0 Å². The Morgan fingerprint density at radius 2 is 0.594 bits per heavy atom. The highest BCUT2D eigenvalue weighted by Gasteiger charge is 2.67. The van der Waals surface area contributed by atoms with Gasteiger partial charge in [0, 0.05) is 0 Å². The van der Waals surface area contributed by atoms with Gasteiger partial charge in [-0.25, -0.2) is 0 Å². The number of hydrogen-bond donors (Lipinski definition) is 0. The molecule has 0 amide bonds. The van der Waals surface area contributed by atoms with Gasteiger partial charge >= 0.3 is 0 Å². The van der Waals surface area contributed by atoms with E-state index in [9.17, 15) is 0 Å². The number of fused-ring (bicyclic) bond motifs is 6. The fourth-order valence-electron chi connectivity index (χ4n) is 14.8. The van der Waals surface area contributed by atoms with E-state index in [1.165, 1.54) is 82.9 Å². The Labute approximate surface area is 197 Å². The van der Waals surface area contributed by atoms with Gasteiger partial charge in [0.1, 0.15) is 0 Å². The number of hydrogen-bond acceptors (Lipinski definition) is 0. The van der Waals surface area contributed by atoms with Crippen LogP contribution in [0.15, 0.2) is 0 Å².